The van der Waals surface area contributed by atoms with Crippen LogP contribution in [0, 0.1) is 0 Å². The number of hydrogen-bond donors (Lipinski definition) is 2. The van der Waals surface area contributed by atoms with Gasteiger partial charge in [0.25, 0.3) is 0 Å². The van der Waals surface area contributed by atoms with E-state index in [-0.39, 0.29) is 6.10 Å². The Morgan fingerprint density at radius 2 is 1.94 bits per heavy atom. The maximum Gasteiger partial charge on any atom is 0.198 e. The number of anilines is 1. The van der Waals surface area contributed by atoms with Gasteiger partial charge in [-0.2, -0.15) is 0 Å². The highest BCUT2D eigenvalue weighted by Gasteiger charge is 2.22. The number of aliphatic imine (C=N–C) groups is 2. The van der Waals surface area contributed by atoms with Gasteiger partial charge in [0.05, 0.1) is 37.7 Å². The number of rotatable bonds is 13. The van der Waals surface area contributed by atoms with Crippen molar-refractivity contribution in [3.8, 4) is 0 Å². The van der Waals surface area contributed by atoms with E-state index in [0.29, 0.717) is 49.5 Å². The van der Waals surface area contributed by atoms with Crippen LogP contribution in [0.1, 0.15) is 70.3 Å². The molecule has 1 aliphatic heterocycles. The molecule has 3 N–H and O–H groups in total. The highest BCUT2D eigenvalue weighted by molar-refractivity contribution is 7.47. The lowest BCUT2D eigenvalue weighted by molar-refractivity contribution is 0.0670. The molecule has 1 saturated heterocycles. The minimum Gasteiger partial charge on any atom is -0.382 e. The van der Waals surface area contributed by atoms with Gasteiger partial charge in [-0.25, -0.2) is 9.98 Å². The number of fused-ring (bicyclic) bond motifs is 2. The molecule has 1 fully saturated rings. The Morgan fingerprint density at radius 1 is 1.19 bits per heavy atom. The third kappa shape index (κ3) is 10.2. The summed E-state index contributed by atoms with van der Waals surface area (Å²) in [5, 5.41) is 5.76. The predicted octanol–water partition coefficient (Wildman–Crippen LogP) is 6.96. The van der Waals surface area contributed by atoms with Crippen LogP contribution in [0.25, 0.3) is 10.9 Å². The Hall–Kier alpha value is -2.66. The molecule has 11 nitrogen and oxygen atoms in total. The largest absolute Gasteiger partial charge is 0.382 e. The minimum absolute atomic E-state index is 0.104. The molecule has 0 amide bonds. The highest BCUT2D eigenvalue weighted by Crippen LogP contribution is 2.39. The van der Waals surface area contributed by atoms with E-state index in [9.17, 15) is 0 Å². The molecular weight excluding hydrogens is 635 g/mol. The number of nitrogens with two attached hydrogens (primary N) is 1. The van der Waals surface area contributed by atoms with E-state index < -0.39 is 8.38 Å². The fourth-order valence-electron chi connectivity index (χ4n) is 5.97. The number of benzene rings is 1. The summed E-state index contributed by atoms with van der Waals surface area (Å²) in [5.74, 6) is 0.908. The zero-order valence-corrected chi connectivity index (χ0v) is 30.3. The summed E-state index contributed by atoms with van der Waals surface area (Å²) in [5.41, 5.74) is 11.3. The van der Waals surface area contributed by atoms with Crippen LogP contribution < -0.4 is 11.1 Å². The summed E-state index contributed by atoms with van der Waals surface area (Å²) < 4.78 is 20.1. The molecule has 0 bridgehead atoms. The van der Waals surface area contributed by atoms with Crippen molar-refractivity contribution in [1.82, 2.24) is 19.4 Å². The first-order valence-corrected chi connectivity index (χ1v) is 18.6. The normalized spacial score (nSPS) is 17.6. The van der Waals surface area contributed by atoms with Crippen molar-refractivity contribution in [2.24, 2.45) is 15.7 Å². The van der Waals surface area contributed by atoms with Crippen LogP contribution >= 0.6 is 20.0 Å². The maximum absolute atomic E-state index is 6.31. The number of imidazole rings is 1. The molecule has 13 heteroatoms. The van der Waals surface area contributed by atoms with Crippen molar-refractivity contribution in [2.45, 2.75) is 84.9 Å². The molecule has 2 aliphatic rings. The van der Waals surface area contributed by atoms with Gasteiger partial charge in [-0.05, 0) is 89.4 Å². The number of pyridine rings is 1. The SMILES string of the molecule is C=Nc1c(C(N)=NC)ncn1CC(C)OCP1OCCN(CCCC(C)Nc2c3c(nc4cc(Cl)ccc24)CCCC3)CCO1.CC. The highest BCUT2D eigenvalue weighted by atomic mass is 35.5. The zero-order valence-electron chi connectivity index (χ0n) is 28.7. The summed E-state index contributed by atoms with van der Waals surface area (Å²) in [6, 6.07) is 6.41. The van der Waals surface area contributed by atoms with Crippen molar-refractivity contribution in [3.05, 3.63) is 46.5 Å². The fraction of sp³-hybridized carbons (Fsp3) is 0.588. The summed E-state index contributed by atoms with van der Waals surface area (Å²) in [4.78, 5) is 19.8. The van der Waals surface area contributed by atoms with Crippen LogP contribution in [0.15, 0.2) is 34.5 Å². The average molecular weight is 687 g/mol. The Kier molecular flexibility index (Phi) is 14.8. The van der Waals surface area contributed by atoms with Crippen molar-refractivity contribution < 1.29 is 13.8 Å². The lowest BCUT2D eigenvalue weighted by Gasteiger charge is -2.29. The smallest absolute Gasteiger partial charge is 0.198 e. The second kappa shape index (κ2) is 18.8. The standard InChI is InChI=1S/C32H46ClN8O3P.C2H6/c1-22(38-29-25-9-5-6-10-27(25)39-28-18-24(33)11-12-26(28)29)8-7-13-40-14-16-43-45(44-17-15-40)21-42-23(2)19-41-20-37-30(31(34)35-3)32(41)36-4;1-2/h11-12,18,20,22-23H,4-10,13-17,19,21H2,1-3H3,(H2,34,35)(H,38,39);1-2H3. The summed E-state index contributed by atoms with van der Waals surface area (Å²) in [7, 11) is 0.516. The second-order valence-corrected chi connectivity index (χ2v) is 13.6. The molecular formula is C34H52ClN8O3P. The van der Waals surface area contributed by atoms with Crippen molar-refractivity contribution >= 4 is 54.9 Å². The average Bonchev–Trinajstić information content (AvgIpc) is 3.47. The molecule has 0 saturated carbocycles. The zero-order chi connectivity index (χ0) is 33.8. The molecule has 258 valence electrons. The van der Waals surface area contributed by atoms with Crippen LogP contribution in [0.3, 0.4) is 0 Å². The molecule has 1 aromatic carbocycles. The summed E-state index contributed by atoms with van der Waals surface area (Å²) in [6.07, 6.45) is 8.70. The fourth-order valence-corrected chi connectivity index (χ4v) is 7.31. The number of hydrogen-bond acceptors (Lipinski definition) is 9. The molecule has 3 heterocycles. The molecule has 2 unspecified atom stereocenters. The number of amidine groups is 1. The Morgan fingerprint density at radius 3 is 2.66 bits per heavy atom. The van der Waals surface area contributed by atoms with E-state index in [0.717, 1.165) is 55.9 Å². The van der Waals surface area contributed by atoms with E-state index in [1.165, 1.54) is 35.2 Å². The first-order valence-electron chi connectivity index (χ1n) is 16.9. The summed E-state index contributed by atoms with van der Waals surface area (Å²) >= 11 is 6.31. The first kappa shape index (κ1) is 37.2. The van der Waals surface area contributed by atoms with Gasteiger partial charge in [-0.15, -0.1) is 0 Å². The van der Waals surface area contributed by atoms with Gasteiger partial charge in [0.2, 0.25) is 0 Å². The van der Waals surface area contributed by atoms with E-state index in [2.05, 4.69) is 44.9 Å². The van der Waals surface area contributed by atoms with Gasteiger partial charge in [-0.3, -0.25) is 14.9 Å². The Labute approximate surface area is 286 Å². The Balaban J connectivity index is 0.00000245. The maximum atomic E-state index is 6.31. The number of nitrogens with zero attached hydrogens (tertiary/aromatic N) is 6. The van der Waals surface area contributed by atoms with E-state index in [1.807, 2.05) is 37.5 Å². The second-order valence-electron chi connectivity index (χ2n) is 11.8. The van der Waals surface area contributed by atoms with Crippen molar-refractivity contribution in [2.75, 3.05) is 51.6 Å². The Bertz CT molecular complexity index is 1480. The molecule has 0 radical (unpaired) electrons. The molecule has 3 aromatic rings. The lowest BCUT2D eigenvalue weighted by Crippen LogP contribution is -2.34. The van der Waals surface area contributed by atoms with Crippen LogP contribution in [0.2, 0.25) is 5.02 Å². The van der Waals surface area contributed by atoms with Gasteiger partial charge >= 0.3 is 0 Å². The number of aryl methyl sites for hydroxylation is 1. The van der Waals surface area contributed by atoms with Gasteiger partial charge in [0.15, 0.2) is 14.2 Å². The quantitative estimate of drug-likeness (QED) is 0.112. The molecule has 47 heavy (non-hydrogen) atoms. The number of nitrogens with one attached hydrogen (secondary N) is 1. The first-order chi connectivity index (χ1) is 22.9. The van der Waals surface area contributed by atoms with Gasteiger partial charge in [0, 0.05) is 48.0 Å². The van der Waals surface area contributed by atoms with E-state index in [1.54, 1.807) is 13.4 Å². The number of halogens is 1. The van der Waals surface area contributed by atoms with Gasteiger partial charge < -0.3 is 29.4 Å². The predicted molar refractivity (Wildman–Crippen MR) is 196 cm³/mol. The van der Waals surface area contributed by atoms with E-state index in [4.69, 9.17) is 36.1 Å². The van der Waals surface area contributed by atoms with Crippen molar-refractivity contribution in [3.63, 3.8) is 0 Å². The third-order valence-corrected chi connectivity index (χ3v) is 9.91. The van der Waals surface area contributed by atoms with Gasteiger partial charge in [-0.1, -0.05) is 25.4 Å². The number of ether oxygens (including phenoxy) is 1. The monoisotopic (exact) mass is 686 g/mol. The van der Waals surface area contributed by atoms with Crippen LogP contribution in [0.5, 0.6) is 0 Å². The van der Waals surface area contributed by atoms with Gasteiger partial charge in [0.1, 0.15) is 17.9 Å². The molecule has 2 aromatic heterocycles. The molecule has 5 rings (SSSR count). The summed E-state index contributed by atoms with van der Waals surface area (Å²) in [6.45, 7) is 16.5. The topological polar surface area (TPSA) is 124 Å². The minimum atomic E-state index is -1.11. The number of aromatic nitrogens is 3. The van der Waals surface area contributed by atoms with Crippen molar-refractivity contribution in [1.29, 1.82) is 0 Å². The van der Waals surface area contributed by atoms with Crippen LogP contribution in [0.4, 0.5) is 11.5 Å². The third-order valence-electron chi connectivity index (χ3n) is 8.37. The van der Waals surface area contributed by atoms with Crippen LogP contribution in [-0.4, -0.2) is 90.4 Å². The molecule has 2 atom stereocenters. The molecule has 0 spiro atoms. The van der Waals surface area contributed by atoms with Crippen LogP contribution in [-0.2, 0) is 33.2 Å². The lowest BCUT2D eigenvalue weighted by atomic mass is 9.92. The van der Waals surface area contributed by atoms with E-state index >= 15 is 0 Å². The molecule has 1 aliphatic carbocycles.